The quantitative estimate of drug-likeness (QED) is 0.184. The van der Waals surface area contributed by atoms with Crippen molar-refractivity contribution in [3.63, 3.8) is 0 Å². The zero-order chi connectivity index (χ0) is 24.6. The zero-order valence-electron chi connectivity index (χ0n) is 19.7. The van der Waals surface area contributed by atoms with E-state index in [0.717, 1.165) is 7.11 Å². The minimum atomic E-state index is -1.31. The number of hydrogen-bond donors (Lipinski definition) is 1. The first-order valence-corrected chi connectivity index (χ1v) is 9.78. The molecule has 0 spiro atoms. The molecule has 0 amide bonds. The van der Waals surface area contributed by atoms with Gasteiger partial charge in [0.1, 0.15) is 28.3 Å². The summed E-state index contributed by atoms with van der Waals surface area (Å²) in [5.41, 5.74) is -1.65. The molecule has 32 heavy (non-hydrogen) atoms. The molecular formula is C22H30N2O8. The van der Waals surface area contributed by atoms with Gasteiger partial charge in [0.05, 0.1) is 38.9 Å². The van der Waals surface area contributed by atoms with Gasteiger partial charge in [-0.1, -0.05) is 13.0 Å². The number of anilines is 1. The summed E-state index contributed by atoms with van der Waals surface area (Å²) in [4.78, 5) is 36.3. The van der Waals surface area contributed by atoms with Gasteiger partial charge in [0.2, 0.25) is 0 Å². The van der Waals surface area contributed by atoms with Gasteiger partial charge in [-0.3, -0.25) is 10.1 Å². The summed E-state index contributed by atoms with van der Waals surface area (Å²) < 4.78 is 20.6. The van der Waals surface area contributed by atoms with Crippen LogP contribution in [0.2, 0.25) is 0 Å². The van der Waals surface area contributed by atoms with E-state index in [0.29, 0.717) is 23.5 Å². The van der Waals surface area contributed by atoms with Crippen molar-refractivity contribution in [2.24, 2.45) is 0 Å². The van der Waals surface area contributed by atoms with E-state index in [1.165, 1.54) is 47.3 Å². The summed E-state index contributed by atoms with van der Waals surface area (Å²) in [6, 6.07) is 2.93. The van der Waals surface area contributed by atoms with Crippen molar-refractivity contribution in [1.82, 2.24) is 0 Å². The molecule has 0 aliphatic rings. The van der Waals surface area contributed by atoms with E-state index >= 15 is 0 Å². The molecule has 0 aromatic heterocycles. The fraction of sp³-hybridized carbons (Fsp3) is 0.455. The molecule has 0 saturated carbocycles. The predicted molar refractivity (Wildman–Crippen MR) is 119 cm³/mol. The predicted octanol–water partition coefficient (Wildman–Crippen LogP) is 4.06. The number of benzene rings is 1. The van der Waals surface area contributed by atoms with Crippen molar-refractivity contribution in [2.45, 2.75) is 39.7 Å². The Bertz CT molecular complexity index is 941. The molecule has 0 aliphatic carbocycles. The number of carbonyl (C=O) groups is 2. The highest BCUT2D eigenvalue weighted by atomic mass is 16.6. The Morgan fingerprint density at radius 1 is 1.09 bits per heavy atom. The minimum absolute atomic E-state index is 0.0520. The van der Waals surface area contributed by atoms with Crippen molar-refractivity contribution in [3.8, 4) is 0 Å². The SMILES string of the molecule is C/C=C(OC)\C(=C(/CC)OC)c1ccc(NC(C)(C)C(=O)OC)c([N+](=O)[O-])c1C(=O)OC. The maximum absolute atomic E-state index is 12.8. The van der Waals surface area contributed by atoms with Crippen molar-refractivity contribution in [1.29, 1.82) is 0 Å². The Hall–Kier alpha value is -3.56. The number of esters is 2. The van der Waals surface area contributed by atoms with E-state index < -0.39 is 28.1 Å². The summed E-state index contributed by atoms with van der Waals surface area (Å²) in [5.74, 6) is -0.755. The maximum atomic E-state index is 12.8. The van der Waals surface area contributed by atoms with Crippen LogP contribution in [-0.4, -0.2) is 50.8 Å². The first-order valence-electron chi connectivity index (χ1n) is 9.78. The third kappa shape index (κ3) is 5.37. The molecule has 0 fully saturated rings. The number of hydrogen-bond acceptors (Lipinski definition) is 9. The Balaban J connectivity index is 4.08. The lowest BCUT2D eigenvalue weighted by Crippen LogP contribution is -2.41. The summed E-state index contributed by atoms with van der Waals surface area (Å²) >= 11 is 0. The van der Waals surface area contributed by atoms with E-state index in [2.05, 4.69) is 5.32 Å². The van der Waals surface area contributed by atoms with Gasteiger partial charge in [0.25, 0.3) is 0 Å². The van der Waals surface area contributed by atoms with Crippen LogP contribution in [0.3, 0.4) is 0 Å². The molecule has 0 unspecified atom stereocenters. The molecule has 1 N–H and O–H groups in total. The van der Waals surface area contributed by atoms with Crippen LogP contribution in [0.4, 0.5) is 11.4 Å². The third-order valence-electron chi connectivity index (χ3n) is 4.74. The fourth-order valence-electron chi connectivity index (χ4n) is 3.25. The van der Waals surface area contributed by atoms with Gasteiger partial charge in [-0.15, -0.1) is 0 Å². The normalized spacial score (nSPS) is 12.4. The lowest BCUT2D eigenvalue weighted by Gasteiger charge is -2.25. The molecule has 176 valence electrons. The Morgan fingerprint density at radius 3 is 2.12 bits per heavy atom. The molecule has 10 heteroatoms. The highest BCUT2D eigenvalue weighted by Crippen LogP contribution is 2.40. The second-order valence-electron chi connectivity index (χ2n) is 7.09. The number of nitro groups is 1. The minimum Gasteiger partial charge on any atom is -0.500 e. The molecule has 0 radical (unpaired) electrons. The largest absolute Gasteiger partial charge is 0.500 e. The summed E-state index contributed by atoms with van der Waals surface area (Å²) in [5, 5.41) is 14.9. The Kier molecular flexibility index (Phi) is 9.24. The molecule has 0 heterocycles. The Morgan fingerprint density at radius 2 is 1.72 bits per heavy atom. The van der Waals surface area contributed by atoms with Crippen molar-refractivity contribution < 1.29 is 33.5 Å². The summed E-state index contributed by atoms with van der Waals surface area (Å²) in [7, 11) is 5.24. The number of ether oxygens (including phenoxy) is 4. The summed E-state index contributed by atoms with van der Waals surface area (Å²) in [6.07, 6.45) is 2.08. The van der Waals surface area contributed by atoms with Gasteiger partial charge in [-0.25, -0.2) is 9.59 Å². The van der Waals surface area contributed by atoms with Crippen LogP contribution in [0, 0.1) is 10.1 Å². The van der Waals surface area contributed by atoms with Gasteiger partial charge < -0.3 is 24.3 Å². The molecule has 1 rings (SSSR count). The van der Waals surface area contributed by atoms with Gasteiger partial charge in [-0.05, 0) is 32.9 Å². The fourth-order valence-corrected chi connectivity index (χ4v) is 3.25. The lowest BCUT2D eigenvalue weighted by molar-refractivity contribution is -0.384. The van der Waals surface area contributed by atoms with Crippen molar-refractivity contribution in [3.05, 3.63) is 51.0 Å². The van der Waals surface area contributed by atoms with Gasteiger partial charge in [0.15, 0.2) is 0 Å². The molecule has 10 nitrogen and oxygen atoms in total. The average molecular weight is 450 g/mol. The second kappa shape index (κ2) is 11.2. The van der Waals surface area contributed by atoms with Crippen LogP contribution < -0.4 is 5.32 Å². The topological polar surface area (TPSA) is 126 Å². The van der Waals surface area contributed by atoms with Gasteiger partial charge in [0, 0.05) is 12.0 Å². The van der Waals surface area contributed by atoms with Crippen LogP contribution in [0.1, 0.15) is 50.0 Å². The average Bonchev–Trinajstić information content (AvgIpc) is 2.77. The number of nitrogens with one attached hydrogen (secondary N) is 1. The van der Waals surface area contributed by atoms with Crippen LogP contribution in [0.25, 0.3) is 5.57 Å². The van der Waals surface area contributed by atoms with Crippen molar-refractivity contribution >= 4 is 28.9 Å². The molecule has 0 aliphatic heterocycles. The first-order chi connectivity index (χ1) is 15.0. The van der Waals surface area contributed by atoms with E-state index in [1.807, 2.05) is 6.92 Å². The van der Waals surface area contributed by atoms with Crippen LogP contribution in [0.5, 0.6) is 0 Å². The number of carbonyl (C=O) groups excluding carboxylic acids is 2. The molecule has 0 saturated heterocycles. The number of methoxy groups -OCH3 is 4. The number of nitro benzene ring substituents is 1. The zero-order valence-corrected chi connectivity index (χ0v) is 19.7. The van der Waals surface area contributed by atoms with E-state index in [-0.39, 0.29) is 16.8 Å². The van der Waals surface area contributed by atoms with Crippen LogP contribution in [0.15, 0.2) is 29.7 Å². The van der Waals surface area contributed by atoms with Gasteiger partial charge >= 0.3 is 17.6 Å². The van der Waals surface area contributed by atoms with E-state index in [9.17, 15) is 19.7 Å². The highest BCUT2D eigenvalue weighted by molar-refractivity contribution is 6.04. The third-order valence-corrected chi connectivity index (χ3v) is 4.74. The second-order valence-corrected chi connectivity index (χ2v) is 7.09. The van der Waals surface area contributed by atoms with E-state index in [4.69, 9.17) is 18.9 Å². The molecule has 0 atom stereocenters. The standard InChI is InChI=1S/C22H30N2O8/c1-9-15(29-5)17(16(10-2)30-6)13-11-12-14(23-22(3,4)21(26)32-8)19(24(27)28)18(13)20(25)31-7/h9,11-12,23H,10H2,1-8H3/b15-9+,17-16+. The smallest absolute Gasteiger partial charge is 0.345 e. The molecule has 1 aromatic rings. The number of nitrogens with zero attached hydrogens (tertiary/aromatic N) is 1. The van der Waals surface area contributed by atoms with Gasteiger partial charge in [-0.2, -0.15) is 0 Å². The first kappa shape index (κ1) is 26.5. The molecular weight excluding hydrogens is 420 g/mol. The highest BCUT2D eigenvalue weighted by Gasteiger charge is 2.36. The van der Waals surface area contributed by atoms with E-state index in [1.54, 1.807) is 13.0 Å². The Labute approximate surface area is 187 Å². The van der Waals surface area contributed by atoms with Crippen LogP contribution in [-0.2, 0) is 23.7 Å². The summed E-state index contributed by atoms with van der Waals surface area (Å²) in [6.45, 7) is 6.57. The van der Waals surface area contributed by atoms with Crippen LogP contribution >= 0.6 is 0 Å². The number of allylic oxidation sites excluding steroid dienone is 3. The monoisotopic (exact) mass is 450 g/mol. The lowest BCUT2D eigenvalue weighted by atomic mass is 9.93. The number of rotatable bonds is 10. The molecule has 0 bridgehead atoms. The molecule has 1 aromatic carbocycles. The van der Waals surface area contributed by atoms with Crippen molar-refractivity contribution in [2.75, 3.05) is 33.8 Å². The maximum Gasteiger partial charge on any atom is 0.345 e.